The van der Waals surface area contributed by atoms with Crippen molar-refractivity contribution < 1.29 is 28.6 Å². The highest BCUT2D eigenvalue weighted by Crippen LogP contribution is 2.34. The highest BCUT2D eigenvalue weighted by molar-refractivity contribution is 5.95. The second kappa shape index (κ2) is 11.0. The molecule has 1 fully saturated rings. The second-order valence-electron chi connectivity index (χ2n) is 7.77. The van der Waals surface area contributed by atoms with Gasteiger partial charge in [-0.3, -0.25) is 9.69 Å². The van der Waals surface area contributed by atoms with E-state index in [9.17, 15) is 14.4 Å². The van der Waals surface area contributed by atoms with Crippen molar-refractivity contribution in [2.45, 2.75) is 26.8 Å². The summed E-state index contributed by atoms with van der Waals surface area (Å²) in [6.07, 6.45) is 0. The third-order valence-electron chi connectivity index (χ3n) is 5.67. The predicted molar refractivity (Wildman–Crippen MR) is 121 cm³/mol. The molecule has 0 saturated carbocycles. The summed E-state index contributed by atoms with van der Waals surface area (Å²) in [5.74, 6) is 0.627. The zero-order valence-corrected chi connectivity index (χ0v) is 19.6. The van der Waals surface area contributed by atoms with Gasteiger partial charge in [0.1, 0.15) is 0 Å². The molecule has 1 aromatic carbocycles. The molecule has 180 valence electrons. The van der Waals surface area contributed by atoms with Gasteiger partial charge in [-0.2, -0.15) is 0 Å². The molecule has 1 aromatic rings. The lowest BCUT2D eigenvalue weighted by Gasteiger charge is -2.36. The highest BCUT2D eigenvalue weighted by Gasteiger charge is 2.35. The number of esters is 1. The molecule has 0 spiro atoms. The van der Waals surface area contributed by atoms with Gasteiger partial charge in [0.15, 0.2) is 11.5 Å². The molecule has 0 radical (unpaired) electrons. The zero-order valence-electron chi connectivity index (χ0n) is 19.6. The van der Waals surface area contributed by atoms with Gasteiger partial charge in [-0.1, -0.05) is 6.07 Å². The number of piperazine rings is 1. The average Bonchev–Trinajstić information content (AvgIpc) is 2.79. The fraction of sp³-hybridized carbons (Fsp3) is 0.522. The number of methoxy groups -OCH3 is 1. The Labute approximate surface area is 193 Å². The minimum atomic E-state index is -0.712. The van der Waals surface area contributed by atoms with Crippen molar-refractivity contribution in [1.82, 2.24) is 20.4 Å². The highest BCUT2D eigenvalue weighted by atomic mass is 16.5. The quantitative estimate of drug-likeness (QED) is 0.565. The van der Waals surface area contributed by atoms with Crippen molar-refractivity contribution in [3.05, 3.63) is 35.0 Å². The van der Waals surface area contributed by atoms with Gasteiger partial charge in [0.2, 0.25) is 5.91 Å². The molecular formula is C23H32N4O6. The summed E-state index contributed by atoms with van der Waals surface area (Å²) < 4.78 is 16.4. The number of carbonyl (C=O) groups excluding carboxylic acids is 3. The van der Waals surface area contributed by atoms with Crippen LogP contribution in [-0.4, -0.2) is 80.8 Å². The largest absolute Gasteiger partial charge is 0.493 e. The molecule has 3 rings (SSSR count). The van der Waals surface area contributed by atoms with Gasteiger partial charge in [0.05, 0.1) is 31.9 Å². The van der Waals surface area contributed by atoms with Crippen LogP contribution in [0.2, 0.25) is 0 Å². The van der Waals surface area contributed by atoms with Gasteiger partial charge in [-0.25, -0.2) is 9.59 Å². The first-order chi connectivity index (χ1) is 15.9. The maximum absolute atomic E-state index is 13.0. The summed E-state index contributed by atoms with van der Waals surface area (Å²) in [5.41, 5.74) is 1.51. The van der Waals surface area contributed by atoms with E-state index in [4.69, 9.17) is 14.2 Å². The van der Waals surface area contributed by atoms with Crippen molar-refractivity contribution >= 4 is 17.9 Å². The second-order valence-corrected chi connectivity index (χ2v) is 7.77. The molecule has 0 aromatic heterocycles. The fourth-order valence-corrected chi connectivity index (χ4v) is 4.03. The van der Waals surface area contributed by atoms with Crippen LogP contribution in [0.5, 0.6) is 11.5 Å². The van der Waals surface area contributed by atoms with Gasteiger partial charge in [0, 0.05) is 45.3 Å². The van der Waals surface area contributed by atoms with Gasteiger partial charge in [-0.15, -0.1) is 0 Å². The standard InChI is InChI=1S/C23H32N4O6/c1-5-32-18-8-7-16(13-19(18)31-4)21-20(22(29)33-6-2)17(24-23(30)25-21)14-26-9-11-27(12-10-26)15(3)28/h7-8,13,21H,5-6,9-12,14H2,1-4H3,(H2,24,25,30)/t21-/m1/s1. The molecular weight excluding hydrogens is 428 g/mol. The van der Waals surface area contributed by atoms with Crippen LogP contribution >= 0.6 is 0 Å². The van der Waals surface area contributed by atoms with Crippen molar-refractivity contribution in [3.8, 4) is 11.5 Å². The lowest BCUT2D eigenvalue weighted by Crippen LogP contribution is -2.52. The number of ether oxygens (including phenoxy) is 3. The number of urea groups is 1. The first-order valence-corrected chi connectivity index (χ1v) is 11.1. The van der Waals surface area contributed by atoms with Crippen molar-refractivity contribution in [2.24, 2.45) is 0 Å². The zero-order chi connectivity index (χ0) is 24.0. The van der Waals surface area contributed by atoms with Gasteiger partial charge in [-0.05, 0) is 31.5 Å². The molecule has 2 N–H and O–H groups in total. The van der Waals surface area contributed by atoms with E-state index < -0.39 is 18.0 Å². The summed E-state index contributed by atoms with van der Waals surface area (Å²) >= 11 is 0. The minimum Gasteiger partial charge on any atom is -0.493 e. The van der Waals surface area contributed by atoms with Crippen LogP contribution in [0.15, 0.2) is 29.5 Å². The molecule has 0 aliphatic carbocycles. The molecule has 2 aliphatic rings. The summed E-state index contributed by atoms with van der Waals surface area (Å²) in [5, 5.41) is 5.64. The normalized spacial score (nSPS) is 19.0. The summed E-state index contributed by atoms with van der Waals surface area (Å²) in [6.45, 7) is 8.71. The van der Waals surface area contributed by atoms with Crippen molar-refractivity contribution in [2.75, 3.05) is 53.0 Å². The van der Waals surface area contributed by atoms with Crippen LogP contribution < -0.4 is 20.1 Å². The summed E-state index contributed by atoms with van der Waals surface area (Å²) in [4.78, 5) is 41.1. The Morgan fingerprint density at radius 1 is 1.09 bits per heavy atom. The Morgan fingerprint density at radius 2 is 1.82 bits per heavy atom. The van der Waals surface area contributed by atoms with Gasteiger partial charge < -0.3 is 29.7 Å². The van der Waals surface area contributed by atoms with Crippen LogP contribution in [0.25, 0.3) is 0 Å². The minimum absolute atomic E-state index is 0.0424. The smallest absolute Gasteiger partial charge is 0.338 e. The number of benzene rings is 1. The third kappa shape index (κ3) is 5.75. The number of carbonyl (C=O) groups is 3. The number of nitrogens with zero attached hydrogens (tertiary/aromatic N) is 2. The fourth-order valence-electron chi connectivity index (χ4n) is 4.03. The SMILES string of the molecule is CCOC(=O)C1=C(CN2CCN(C(C)=O)CC2)NC(=O)N[C@@H]1c1ccc(OCC)c(OC)c1. The molecule has 2 aliphatic heterocycles. The first-order valence-electron chi connectivity index (χ1n) is 11.1. The van der Waals surface area contributed by atoms with Gasteiger partial charge in [0.25, 0.3) is 0 Å². The van der Waals surface area contributed by atoms with Crippen molar-refractivity contribution in [3.63, 3.8) is 0 Å². The molecule has 0 bridgehead atoms. The molecule has 3 amide bonds. The Bertz CT molecular complexity index is 924. The lowest BCUT2D eigenvalue weighted by molar-refractivity contribution is -0.139. The summed E-state index contributed by atoms with van der Waals surface area (Å²) in [7, 11) is 1.54. The van der Waals surface area contributed by atoms with E-state index in [-0.39, 0.29) is 12.5 Å². The molecule has 10 heteroatoms. The number of hydrogen-bond acceptors (Lipinski definition) is 7. The van der Waals surface area contributed by atoms with E-state index in [1.54, 1.807) is 36.9 Å². The topological polar surface area (TPSA) is 109 Å². The van der Waals surface area contributed by atoms with E-state index in [2.05, 4.69) is 15.5 Å². The molecule has 10 nitrogen and oxygen atoms in total. The Kier molecular flexibility index (Phi) is 8.16. The van der Waals surface area contributed by atoms with E-state index in [1.165, 1.54) is 7.11 Å². The van der Waals surface area contributed by atoms with Crippen LogP contribution in [0.1, 0.15) is 32.4 Å². The van der Waals surface area contributed by atoms with Crippen molar-refractivity contribution in [1.29, 1.82) is 0 Å². The van der Waals surface area contributed by atoms with E-state index in [1.807, 2.05) is 6.92 Å². The molecule has 1 atom stereocenters. The van der Waals surface area contributed by atoms with Crippen LogP contribution in [-0.2, 0) is 14.3 Å². The monoisotopic (exact) mass is 460 g/mol. The number of hydrogen-bond donors (Lipinski definition) is 2. The van der Waals surface area contributed by atoms with E-state index >= 15 is 0 Å². The number of rotatable bonds is 8. The molecule has 33 heavy (non-hydrogen) atoms. The molecule has 1 saturated heterocycles. The molecule has 0 unspecified atom stereocenters. The molecule has 2 heterocycles. The third-order valence-corrected chi connectivity index (χ3v) is 5.67. The Hall–Kier alpha value is -3.27. The van der Waals surface area contributed by atoms with E-state index in [0.29, 0.717) is 67.7 Å². The van der Waals surface area contributed by atoms with Crippen LogP contribution in [0.4, 0.5) is 4.79 Å². The van der Waals surface area contributed by atoms with Crippen LogP contribution in [0, 0.1) is 0 Å². The first kappa shape index (κ1) is 24.4. The van der Waals surface area contributed by atoms with Gasteiger partial charge >= 0.3 is 12.0 Å². The predicted octanol–water partition coefficient (Wildman–Crippen LogP) is 1.43. The lowest BCUT2D eigenvalue weighted by atomic mass is 9.94. The number of amides is 3. The Morgan fingerprint density at radius 3 is 2.42 bits per heavy atom. The van der Waals surface area contributed by atoms with E-state index in [0.717, 1.165) is 0 Å². The Balaban J connectivity index is 1.94. The summed E-state index contributed by atoms with van der Waals surface area (Å²) in [6, 6.07) is 4.19. The maximum atomic E-state index is 13.0. The number of nitrogens with one attached hydrogen (secondary N) is 2. The maximum Gasteiger partial charge on any atom is 0.338 e. The average molecular weight is 461 g/mol. The van der Waals surface area contributed by atoms with Crippen LogP contribution in [0.3, 0.4) is 0 Å².